The van der Waals surface area contributed by atoms with E-state index in [2.05, 4.69) is 41.2 Å². The largest absolute Gasteiger partial charge is 0.341 e. The number of hydrogen-bond acceptors (Lipinski definition) is 4. The number of hydrogen-bond donors (Lipinski definition) is 0. The Morgan fingerprint density at radius 3 is 2.27 bits per heavy atom. The standard InChI is InChI=1S/C17H21N3OS/c1-12-5-7-15(8-6-12)10-20(4)16(21)11-22-17-18-13(2)9-14(3)19-17/h5-9H,10-11H2,1-4H3. The molecule has 1 amide bonds. The van der Waals surface area contributed by atoms with Gasteiger partial charge in [0.05, 0.1) is 5.75 Å². The highest BCUT2D eigenvalue weighted by Crippen LogP contribution is 2.15. The van der Waals surface area contributed by atoms with Crippen LogP contribution in [0.25, 0.3) is 0 Å². The van der Waals surface area contributed by atoms with Crippen molar-refractivity contribution in [3.63, 3.8) is 0 Å². The molecule has 22 heavy (non-hydrogen) atoms. The SMILES string of the molecule is Cc1ccc(CN(C)C(=O)CSc2nc(C)cc(C)n2)cc1. The van der Waals surface area contributed by atoms with Gasteiger partial charge in [-0.2, -0.15) is 0 Å². The first-order chi connectivity index (χ1) is 10.4. The number of aryl methyl sites for hydroxylation is 3. The molecule has 1 heterocycles. The number of carbonyl (C=O) groups is 1. The minimum Gasteiger partial charge on any atom is -0.341 e. The van der Waals surface area contributed by atoms with Gasteiger partial charge in [0.1, 0.15) is 0 Å². The second kappa shape index (κ2) is 7.40. The number of thioether (sulfide) groups is 1. The molecular formula is C17H21N3OS. The van der Waals surface area contributed by atoms with Crippen LogP contribution in [0.15, 0.2) is 35.5 Å². The Labute approximate surface area is 136 Å². The molecule has 0 saturated heterocycles. The van der Waals surface area contributed by atoms with Crippen LogP contribution in [0.1, 0.15) is 22.5 Å². The third-order valence-corrected chi connectivity index (χ3v) is 4.08. The highest BCUT2D eigenvalue weighted by molar-refractivity contribution is 7.99. The summed E-state index contributed by atoms with van der Waals surface area (Å²) in [5.74, 6) is 0.430. The van der Waals surface area contributed by atoms with Crippen LogP contribution in [0.5, 0.6) is 0 Å². The van der Waals surface area contributed by atoms with E-state index >= 15 is 0 Å². The van der Waals surface area contributed by atoms with Crippen molar-refractivity contribution in [3.05, 3.63) is 52.8 Å². The molecule has 0 fully saturated rings. The van der Waals surface area contributed by atoms with E-state index in [1.165, 1.54) is 17.3 Å². The molecule has 1 aromatic carbocycles. The maximum atomic E-state index is 12.2. The summed E-state index contributed by atoms with van der Waals surface area (Å²) in [5, 5.41) is 0.662. The fourth-order valence-electron chi connectivity index (χ4n) is 2.05. The summed E-state index contributed by atoms with van der Waals surface area (Å²) in [6.45, 7) is 6.54. The molecule has 2 rings (SSSR count). The molecule has 0 atom stereocenters. The lowest BCUT2D eigenvalue weighted by atomic mass is 10.1. The summed E-state index contributed by atoms with van der Waals surface area (Å²) in [4.78, 5) is 22.6. The molecule has 0 aliphatic heterocycles. The van der Waals surface area contributed by atoms with Crippen molar-refractivity contribution in [3.8, 4) is 0 Å². The van der Waals surface area contributed by atoms with E-state index < -0.39 is 0 Å². The molecule has 0 radical (unpaired) electrons. The molecule has 0 N–H and O–H groups in total. The van der Waals surface area contributed by atoms with Crippen LogP contribution < -0.4 is 0 Å². The Bertz CT molecular complexity index is 635. The zero-order chi connectivity index (χ0) is 16.1. The van der Waals surface area contributed by atoms with E-state index in [0.717, 1.165) is 17.0 Å². The van der Waals surface area contributed by atoms with Crippen molar-refractivity contribution < 1.29 is 4.79 Å². The topological polar surface area (TPSA) is 46.1 Å². The lowest BCUT2D eigenvalue weighted by Gasteiger charge is -2.17. The minimum absolute atomic E-state index is 0.0772. The predicted octanol–water partition coefficient (Wildman–Crippen LogP) is 3.15. The Morgan fingerprint density at radius 1 is 1.09 bits per heavy atom. The minimum atomic E-state index is 0.0772. The molecule has 0 unspecified atom stereocenters. The lowest BCUT2D eigenvalue weighted by Crippen LogP contribution is -2.27. The summed E-state index contributed by atoms with van der Waals surface area (Å²) in [5.41, 5.74) is 4.21. The molecule has 0 spiro atoms. The van der Waals surface area contributed by atoms with Gasteiger partial charge in [-0.3, -0.25) is 4.79 Å². The van der Waals surface area contributed by atoms with Gasteiger partial charge in [-0.1, -0.05) is 41.6 Å². The summed E-state index contributed by atoms with van der Waals surface area (Å²) in [6.07, 6.45) is 0. The third-order valence-electron chi connectivity index (χ3n) is 3.25. The Morgan fingerprint density at radius 2 is 1.68 bits per heavy atom. The van der Waals surface area contributed by atoms with Crippen LogP contribution in [0.2, 0.25) is 0 Å². The Kier molecular flexibility index (Phi) is 5.55. The smallest absolute Gasteiger partial charge is 0.233 e. The lowest BCUT2D eigenvalue weighted by molar-refractivity contribution is -0.127. The summed E-state index contributed by atoms with van der Waals surface area (Å²) < 4.78 is 0. The third kappa shape index (κ3) is 4.84. The summed E-state index contributed by atoms with van der Waals surface area (Å²) in [7, 11) is 1.82. The molecule has 4 nitrogen and oxygen atoms in total. The second-order valence-corrected chi connectivity index (χ2v) is 6.40. The number of amides is 1. The van der Waals surface area contributed by atoms with Crippen molar-refractivity contribution in [2.45, 2.75) is 32.5 Å². The van der Waals surface area contributed by atoms with Gasteiger partial charge < -0.3 is 4.90 Å². The van der Waals surface area contributed by atoms with Crippen LogP contribution in [-0.2, 0) is 11.3 Å². The zero-order valence-corrected chi connectivity index (χ0v) is 14.3. The Balaban J connectivity index is 1.89. The molecule has 116 valence electrons. The van der Waals surface area contributed by atoms with E-state index in [-0.39, 0.29) is 5.91 Å². The zero-order valence-electron chi connectivity index (χ0n) is 13.5. The molecule has 2 aromatic rings. The number of nitrogens with zero attached hydrogens (tertiary/aromatic N) is 3. The number of benzene rings is 1. The molecule has 1 aromatic heterocycles. The molecule has 0 aliphatic rings. The van der Waals surface area contributed by atoms with Gasteiger partial charge in [0.2, 0.25) is 5.91 Å². The van der Waals surface area contributed by atoms with Crippen LogP contribution >= 0.6 is 11.8 Å². The average molecular weight is 315 g/mol. The maximum Gasteiger partial charge on any atom is 0.233 e. The fraction of sp³-hybridized carbons (Fsp3) is 0.353. The number of rotatable bonds is 5. The predicted molar refractivity (Wildman–Crippen MR) is 89.9 cm³/mol. The average Bonchev–Trinajstić information content (AvgIpc) is 2.46. The van der Waals surface area contributed by atoms with Crippen molar-refractivity contribution in [1.29, 1.82) is 0 Å². The highest BCUT2D eigenvalue weighted by atomic mass is 32.2. The van der Waals surface area contributed by atoms with Gasteiger partial charge in [0, 0.05) is 25.0 Å². The van der Waals surface area contributed by atoms with E-state index in [9.17, 15) is 4.79 Å². The molecular weight excluding hydrogens is 294 g/mol. The van der Waals surface area contributed by atoms with Gasteiger partial charge >= 0.3 is 0 Å². The monoisotopic (exact) mass is 315 g/mol. The number of carbonyl (C=O) groups excluding carboxylic acids is 1. The van der Waals surface area contributed by atoms with Crippen LogP contribution in [-0.4, -0.2) is 33.6 Å². The van der Waals surface area contributed by atoms with Gasteiger partial charge in [-0.25, -0.2) is 9.97 Å². The fourth-order valence-corrected chi connectivity index (χ4v) is 2.94. The quantitative estimate of drug-likeness (QED) is 0.628. The molecule has 0 saturated carbocycles. The van der Waals surface area contributed by atoms with Gasteiger partial charge in [-0.15, -0.1) is 0 Å². The summed E-state index contributed by atoms with van der Waals surface area (Å²) >= 11 is 1.38. The summed E-state index contributed by atoms with van der Waals surface area (Å²) in [6, 6.07) is 10.2. The van der Waals surface area contributed by atoms with Crippen LogP contribution in [0, 0.1) is 20.8 Å². The van der Waals surface area contributed by atoms with Gasteiger partial charge in [-0.05, 0) is 32.4 Å². The van der Waals surface area contributed by atoms with Gasteiger partial charge in [0.25, 0.3) is 0 Å². The van der Waals surface area contributed by atoms with Crippen molar-refractivity contribution >= 4 is 17.7 Å². The van der Waals surface area contributed by atoms with Crippen LogP contribution in [0.3, 0.4) is 0 Å². The highest BCUT2D eigenvalue weighted by Gasteiger charge is 2.11. The van der Waals surface area contributed by atoms with Crippen LogP contribution in [0.4, 0.5) is 0 Å². The first kappa shape index (κ1) is 16.5. The van der Waals surface area contributed by atoms with Crippen molar-refractivity contribution in [1.82, 2.24) is 14.9 Å². The van der Waals surface area contributed by atoms with E-state index in [0.29, 0.717) is 17.5 Å². The normalized spacial score (nSPS) is 10.5. The number of aromatic nitrogens is 2. The van der Waals surface area contributed by atoms with Crippen molar-refractivity contribution in [2.24, 2.45) is 0 Å². The van der Waals surface area contributed by atoms with Gasteiger partial charge in [0.15, 0.2) is 5.16 Å². The molecule has 0 bridgehead atoms. The van der Waals surface area contributed by atoms with Crippen molar-refractivity contribution in [2.75, 3.05) is 12.8 Å². The Hall–Kier alpha value is -1.88. The molecule has 0 aliphatic carbocycles. The van der Waals surface area contributed by atoms with E-state index in [1.54, 1.807) is 4.90 Å². The maximum absolute atomic E-state index is 12.2. The van der Waals surface area contributed by atoms with E-state index in [4.69, 9.17) is 0 Å². The first-order valence-electron chi connectivity index (χ1n) is 7.18. The molecule has 5 heteroatoms. The first-order valence-corrected chi connectivity index (χ1v) is 8.17. The van der Waals surface area contributed by atoms with E-state index in [1.807, 2.05) is 27.0 Å². The second-order valence-electron chi connectivity index (χ2n) is 5.46.